The highest BCUT2D eigenvalue weighted by molar-refractivity contribution is 5.79. The maximum atomic E-state index is 12.9. The zero-order valence-electron chi connectivity index (χ0n) is 16.0. The lowest BCUT2D eigenvalue weighted by Crippen LogP contribution is -2.46. The van der Waals surface area contributed by atoms with Crippen LogP contribution in [-0.2, 0) is 16.1 Å². The normalized spacial score (nSPS) is 20.2. The van der Waals surface area contributed by atoms with Gasteiger partial charge in [0.2, 0.25) is 5.91 Å². The van der Waals surface area contributed by atoms with Gasteiger partial charge in [-0.1, -0.05) is 0 Å². The van der Waals surface area contributed by atoms with Gasteiger partial charge in [-0.05, 0) is 50.6 Å². The van der Waals surface area contributed by atoms with E-state index < -0.39 is 0 Å². The highest BCUT2D eigenvalue weighted by Crippen LogP contribution is 2.21. The summed E-state index contributed by atoms with van der Waals surface area (Å²) in [7, 11) is 0. The summed E-state index contributed by atoms with van der Waals surface area (Å²) in [5.41, 5.74) is 1.30. The molecule has 0 bridgehead atoms. The summed E-state index contributed by atoms with van der Waals surface area (Å²) in [5, 5.41) is 0. The fraction of sp³-hybridized carbons (Fsp3) is 0.700. The van der Waals surface area contributed by atoms with Crippen LogP contribution < -0.4 is 0 Å². The Bertz CT molecular complexity index is 540. The summed E-state index contributed by atoms with van der Waals surface area (Å²) in [5.74, 6) is 0.539. The molecule has 2 aliphatic rings. The molecule has 0 unspecified atom stereocenters. The molecular formula is C20H32N4O2. The third kappa shape index (κ3) is 5.50. The van der Waals surface area contributed by atoms with Crippen LogP contribution in [0.2, 0.25) is 0 Å². The first-order valence-electron chi connectivity index (χ1n) is 9.96. The minimum atomic E-state index is 0.188. The number of rotatable bonds is 7. The van der Waals surface area contributed by atoms with Crippen molar-refractivity contribution >= 4 is 5.91 Å². The summed E-state index contributed by atoms with van der Waals surface area (Å²) in [6.45, 7) is 11.3. The van der Waals surface area contributed by atoms with Crippen molar-refractivity contribution in [2.75, 3.05) is 59.0 Å². The Balaban J connectivity index is 1.42. The molecule has 26 heavy (non-hydrogen) atoms. The van der Waals surface area contributed by atoms with Crippen LogP contribution in [0.3, 0.4) is 0 Å². The van der Waals surface area contributed by atoms with E-state index in [0.29, 0.717) is 5.91 Å². The van der Waals surface area contributed by atoms with Gasteiger partial charge in [0.15, 0.2) is 0 Å². The number of piperidine rings is 1. The van der Waals surface area contributed by atoms with Crippen molar-refractivity contribution in [1.29, 1.82) is 0 Å². The molecule has 0 radical (unpaired) electrons. The Morgan fingerprint density at radius 3 is 2.50 bits per heavy atom. The van der Waals surface area contributed by atoms with Crippen molar-refractivity contribution < 1.29 is 9.53 Å². The average Bonchev–Trinajstić information content (AvgIpc) is 2.70. The molecule has 3 rings (SSSR count). The lowest BCUT2D eigenvalue weighted by atomic mass is 9.95. The van der Waals surface area contributed by atoms with Crippen molar-refractivity contribution in [3.8, 4) is 0 Å². The van der Waals surface area contributed by atoms with E-state index in [-0.39, 0.29) is 5.92 Å². The molecule has 3 heterocycles. The highest BCUT2D eigenvalue weighted by Gasteiger charge is 2.28. The Kier molecular flexibility index (Phi) is 7.41. The number of morpholine rings is 1. The first-order valence-corrected chi connectivity index (χ1v) is 9.96. The molecule has 1 aromatic heterocycles. The molecule has 1 aromatic rings. The van der Waals surface area contributed by atoms with E-state index in [1.807, 2.05) is 12.4 Å². The zero-order valence-corrected chi connectivity index (χ0v) is 16.0. The van der Waals surface area contributed by atoms with Crippen LogP contribution in [0.4, 0.5) is 0 Å². The van der Waals surface area contributed by atoms with E-state index in [2.05, 4.69) is 38.7 Å². The maximum absolute atomic E-state index is 12.9. The summed E-state index contributed by atoms with van der Waals surface area (Å²) >= 11 is 0. The number of carbonyl (C=O) groups is 1. The highest BCUT2D eigenvalue weighted by atomic mass is 16.5. The van der Waals surface area contributed by atoms with Crippen molar-refractivity contribution in [2.45, 2.75) is 26.3 Å². The Morgan fingerprint density at radius 1 is 1.15 bits per heavy atom. The van der Waals surface area contributed by atoms with Gasteiger partial charge in [-0.15, -0.1) is 0 Å². The Hall–Kier alpha value is -1.50. The molecule has 2 fully saturated rings. The zero-order chi connectivity index (χ0) is 18.2. The van der Waals surface area contributed by atoms with Gasteiger partial charge in [-0.2, -0.15) is 0 Å². The summed E-state index contributed by atoms with van der Waals surface area (Å²) in [6.07, 6.45) is 5.63. The van der Waals surface area contributed by atoms with Gasteiger partial charge in [-0.3, -0.25) is 19.6 Å². The second-order valence-electron chi connectivity index (χ2n) is 7.28. The standard InChI is InChI=1S/C20H32N4O2/c1-2-24(12-11-22-13-15-26-16-14-22)20(25)19-5-9-23(10-6-19)17-18-3-7-21-8-4-18/h3-4,7-8,19H,2,5-6,9-17H2,1H3. The number of ether oxygens (including phenoxy) is 1. The number of likely N-dealkylation sites (N-methyl/N-ethyl adjacent to an activating group) is 1. The number of pyridine rings is 1. The smallest absolute Gasteiger partial charge is 0.225 e. The van der Waals surface area contributed by atoms with E-state index in [4.69, 9.17) is 4.74 Å². The van der Waals surface area contributed by atoms with Crippen LogP contribution in [-0.4, -0.2) is 84.6 Å². The molecule has 0 saturated carbocycles. The van der Waals surface area contributed by atoms with Gasteiger partial charge in [0.1, 0.15) is 0 Å². The van der Waals surface area contributed by atoms with Crippen molar-refractivity contribution in [3.05, 3.63) is 30.1 Å². The number of amides is 1. The molecule has 0 spiro atoms. The topological polar surface area (TPSA) is 48.9 Å². The van der Waals surface area contributed by atoms with Crippen LogP contribution in [0.15, 0.2) is 24.5 Å². The number of hydrogen-bond donors (Lipinski definition) is 0. The van der Waals surface area contributed by atoms with Crippen molar-refractivity contribution in [2.24, 2.45) is 5.92 Å². The second kappa shape index (κ2) is 10.00. The van der Waals surface area contributed by atoms with Crippen LogP contribution in [0.5, 0.6) is 0 Å². The number of carbonyl (C=O) groups excluding carboxylic acids is 1. The third-order valence-electron chi connectivity index (χ3n) is 5.58. The van der Waals surface area contributed by atoms with Gasteiger partial charge in [-0.25, -0.2) is 0 Å². The Labute approximate surface area is 157 Å². The molecule has 6 nitrogen and oxygen atoms in total. The first-order chi connectivity index (χ1) is 12.8. The number of aromatic nitrogens is 1. The van der Waals surface area contributed by atoms with Crippen LogP contribution in [0, 0.1) is 5.92 Å². The molecule has 0 aromatic carbocycles. The molecule has 2 aliphatic heterocycles. The largest absolute Gasteiger partial charge is 0.379 e. The third-order valence-corrected chi connectivity index (χ3v) is 5.58. The van der Waals surface area contributed by atoms with Crippen LogP contribution in [0.25, 0.3) is 0 Å². The minimum Gasteiger partial charge on any atom is -0.379 e. The average molecular weight is 361 g/mol. The van der Waals surface area contributed by atoms with Gasteiger partial charge >= 0.3 is 0 Å². The predicted octanol–water partition coefficient (Wildman–Crippen LogP) is 1.47. The minimum absolute atomic E-state index is 0.188. The molecule has 1 amide bonds. The fourth-order valence-corrected chi connectivity index (χ4v) is 3.85. The SMILES string of the molecule is CCN(CCN1CCOCC1)C(=O)C1CCN(Cc2ccncc2)CC1. The van der Waals surface area contributed by atoms with Gasteiger partial charge in [0.05, 0.1) is 13.2 Å². The first kappa shape index (κ1) is 19.3. The van der Waals surface area contributed by atoms with E-state index in [0.717, 1.165) is 78.4 Å². The molecule has 2 saturated heterocycles. The van der Waals surface area contributed by atoms with Crippen molar-refractivity contribution in [3.63, 3.8) is 0 Å². The lowest BCUT2D eigenvalue weighted by Gasteiger charge is -2.35. The summed E-state index contributed by atoms with van der Waals surface area (Å²) < 4.78 is 5.40. The molecule has 0 atom stereocenters. The quantitative estimate of drug-likeness (QED) is 0.737. The predicted molar refractivity (Wildman–Crippen MR) is 102 cm³/mol. The summed E-state index contributed by atoms with van der Waals surface area (Å²) in [4.78, 5) is 23.9. The number of likely N-dealkylation sites (tertiary alicyclic amines) is 1. The molecule has 144 valence electrons. The van der Waals surface area contributed by atoms with E-state index >= 15 is 0 Å². The van der Waals surface area contributed by atoms with E-state index in [1.54, 1.807) is 0 Å². The van der Waals surface area contributed by atoms with Gasteiger partial charge in [0, 0.05) is 57.6 Å². The number of hydrogen-bond acceptors (Lipinski definition) is 5. The molecule has 6 heteroatoms. The second-order valence-corrected chi connectivity index (χ2v) is 7.28. The van der Waals surface area contributed by atoms with E-state index in [9.17, 15) is 4.79 Å². The van der Waals surface area contributed by atoms with Gasteiger partial charge < -0.3 is 9.64 Å². The Morgan fingerprint density at radius 2 is 1.85 bits per heavy atom. The fourth-order valence-electron chi connectivity index (χ4n) is 3.85. The summed E-state index contributed by atoms with van der Waals surface area (Å²) in [6, 6.07) is 4.14. The van der Waals surface area contributed by atoms with Crippen LogP contribution in [0.1, 0.15) is 25.3 Å². The maximum Gasteiger partial charge on any atom is 0.225 e. The molecule has 0 aliphatic carbocycles. The number of nitrogens with zero attached hydrogens (tertiary/aromatic N) is 4. The van der Waals surface area contributed by atoms with E-state index in [1.165, 1.54) is 5.56 Å². The lowest BCUT2D eigenvalue weighted by molar-refractivity contribution is -0.137. The molecule has 0 N–H and O–H groups in total. The monoisotopic (exact) mass is 360 g/mol. The van der Waals surface area contributed by atoms with Crippen molar-refractivity contribution in [1.82, 2.24) is 19.7 Å². The van der Waals surface area contributed by atoms with Crippen LogP contribution >= 0.6 is 0 Å². The van der Waals surface area contributed by atoms with Gasteiger partial charge in [0.25, 0.3) is 0 Å². The molecular weight excluding hydrogens is 328 g/mol.